The molecule has 1 amide bonds. The Kier molecular flexibility index (Phi) is 2.63. The maximum atomic E-state index is 10.7. The average Bonchev–Trinajstić information content (AvgIpc) is 2.26. The first-order chi connectivity index (χ1) is 7.25. The number of carbonyl (C=O) groups excluding carboxylic acids is 1. The van der Waals surface area contributed by atoms with Crippen molar-refractivity contribution in [2.75, 3.05) is 0 Å². The van der Waals surface area contributed by atoms with E-state index in [-0.39, 0.29) is 5.91 Å². The molecule has 0 saturated heterocycles. The number of fused-ring (bicyclic) bond motifs is 1. The molecule has 0 radical (unpaired) electrons. The second kappa shape index (κ2) is 4.09. The van der Waals surface area contributed by atoms with Crippen molar-refractivity contribution in [3.05, 3.63) is 42.1 Å². The standard InChI is InChI=1S/C12H12N2O/c1-9(15)13-7-10-6-11-4-2-3-5-12(11)14-8-10/h2-6,8H,7H2,1H3,(H,13,15). The van der Waals surface area contributed by atoms with E-state index >= 15 is 0 Å². The SMILES string of the molecule is CC(=O)NCc1cnc2ccccc2c1. The number of para-hydroxylation sites is 1. The molecule has 0 bridgehead atoms. The number of rotatable bonds is 2. The first-order valence-electron chi connectivity index (χ1n) is 4.84. The highest BCUT2D eigenvalue weighted by Crippen LogP contribution is 2.12. The summed E-state index contributed by atoms with van der Waals surface area (Å²) in [7, 11) is 0. The van der Waals surface area contributed by atoms with E-state index in [9.17, 15) is 4.79 Å². The van der Waals surface area contributed by atoms with Gasteiger partial charge in [0, 0.05) is 25.1 Å². The number of nitrogens with zero attached hydrogens (tertiary/aromatic N) is 1. The first-order valence-corrected chi connectivity index (χ1v) is 4.84. The van der Waals surface area contributed by atoms with Crippen LogP contribution < -0.4 is 5.32 Å². The number of carbonyl (C=O) groups is 1. The summed E-state index contributed by atoms with van der Waals surface area (Å²) < 4.78 is 0. The van der Waals surface area contributed by atoms with Crippen LogP contribution in [0.4, 0.5) is 0 Å². The van der Waals surface area contributed by atoms with Crippen molar-refractivity contribution in [1.82, 2.24) is 10.3 Å². The summed E-state index contributed by atoms with van der Waals surface area (Å²) >= 11 is 0. The molecule has 0 aliphatic carbocycles. The van der Waals surface area contributed by atoms with Gasteiger partial charge in [0.2, 0.25) is 5.91 Å². The zero-order valence-corrected chi connectivity index (χ0v) is 8.53. The van der Waals surface area contributed by atoms with Crippen molar-refractivity contribution in [3.63, 3.8) is 0 Å². The normalized spacial score (nSPS) is 10.2. The van der Waals surface area contributed by atoms with Crippen LogP contribution in [0.2, 0.25) is 0 Å². The molecule has 0 fully saturated rings. The van der Waals surface area contributed by atoms with Gasteiger partial charge in [-0.15, -0.1) is 0 Å². The second-order valence-corrected chi connectivity index (χ2v) is 3.45. The molecule has 0 unspecified atom stereocenters. The molecule has 3 nitrogen and oxygen atoms in total. The van der Waals surface area contributed by atoms with Crippen LogP contribution in [0.25, 0.3) is 10.9 Å². The van der Waals surface area contributed by atoms with Gasteiger partial charge in [-0.2, -0.15) is 0 Å². The molecule has 0 saturated carbocycles. The summed E-state index contributed by atoms with van der Waals surface area (Å²) in [5.41, 5.74) is 1.99. The minimum atomic E-state index is -0.0249. The lowest BCUT2D eigenvalue weighted by atomic mass is 10.1. The Morgan fingerprint density at radius 2 is 2.20 bits per heavy atom. The van der Waals surface area contributed by atoms with Gasteiger partial charge in [-0.25, -0.2) is 0 Å². The molecule has 1 aromatic heterocycles. The predicted octanol–water partition coefficient (Wildman–Crippen LogP) is 1.87. The molecule has 2 rings (SSSR count). The lowest BCUT2D eigenvalue weighted by molar-refractivity contribution is -0.119. The van der Waals surface area contributed by atoms with Crippen LogP contribution in [0, 0.1) is 0 Å². The zero-order chi connectivity index (χ0) is 10.7. The fourth-order valence-corrected chi connectivity index (χ4v) is 1.44. The molecule has 0 atom stereocenters. The summed E-state index contributed by atoms with van der Waals surface area (Å²) in [5.74, 6) is -0.0249. The Bertz CT molecular complexity index is 494. The summed E-state index contributed by atoms with van der Waals surface area (Å²) in [6, 6.07) is 9.96. The molecular formula is C12H12N2O. The van der Waals surface area contributed by atoms with E-state index in [1.807, 2.05) is 30.3 Å². The van der Waals surface area contributed by atoms with E-state index < -0.39 is 0 Å². The van der Waals surface area contributed by atoms with E-state index in [4.69, 9.17) is 0 Å². The number of aromatic nitrogens is 1. The summed E-state index contributed by atoms with van der Waals surface area (Å²) in [6.07, 6.45) is 1.79. The van der Waals surface area contributed by atoms with Gasteiger partial charge in [0.15, 0.2) is 0 Å². The minimum Gasteiger partial charge on any atom is -0.352 e. The van der Waals surface area contributed by atoms with Gasteiger partial charge in [0.1, 0.15) is 0 Å². The van der Waals surface area contributed by atoms with Crippen molar-refractivity contribution in [2.24, 2.45) is 0 Å². The highest BCUT2D eigenvalue weighted by Gasteiger charge is 1.97. The summed E-state index contributed by atoms with van der Waals surface area (Å²) in [6.45, 7) is 2.04. The Labute approximate surface area is 88.1 Å². The number of benzene rings is 1. The monoisotopic (exact) mass is 200 g/mol. The summed E-state index contributed by atoms with van der Waals surface area (Å²) in [4.78, 5) is 15.1. The van der Waals surface area contributed by atoms with E-state index in [0.717, 1.165) is 16.5 Å². The Morgan fingerprint density at radius 1 is 1.40 bits per heavy atom. The maximum Gasteiger partial charge on any atom is 0.217 e. The fourth-order valence-electron chi connectivity index (χ4n) is 1.44. The molecule has 0 spiro atoms. The smallest absolute Gasteiger partial charge is 0.217 e. The van der Waals surface area contributed by atoms with Gasteiger partial charge in [-0.3, -0.25) is 9.78 Å². The van der Waals surface area contributed by atoms with Gasteiger partial charge in [-0.05, 0) is 17.7 Å². The predicted molar refractivity (Wildman–Crippen MR) is 59.3 cm³/mol. The molecule has 3 heteroatoms. The molecular weight excluding hydrogens is 188 g/mol. The Balaban J connectivity index is 2.26. The van der Waals surface area contributed by atoms with Crippen LogP contribution in [0.3, 0.4) is 0 Å². The number of hydrogen-bond acceptors (Lipinski definition) is 2. The van der Waals surface area contributed by atoms with Crippen LogP contribution in [0.15, 0.2) is 36.5 Å². The maximum absolute atomic E-state index is 10.7. The topological polar surface area (TPSA) is 42.0 Å². The third-order valence-corrected chi connectivity index (χ3v) is 2.19. The Hall–Kier alpha value is -1.90. The number of nitrogens with one attached hydrogen (secondary N) is 1. The van der Waals surface area contributed by atoms with Gasteiger partial charge >= 0.3 is 0 Å². The second-order valence-electron chi connectivity index (χ2n) is 3.45. The van der Waals surface area contributed by atoms with Crippen LogP contribution >= 0.6 is 0 Å². The number of amides is 1. The largest absolute Gasteiger partial charge is 0.352 e. The molecule has 0 aliphatic rings. The molecule has 2 aromatic rings. The van der Waals surface area contributed by atoms with E-state index in [2.05, 4.69) is 10.3 Å². The number of pyridine rings is 1. The van der Waals surface area contributed by atoms with Crippen LogP contribution in [-0.4, -0.2) is 10.9 Å². The lowest BCUT2D eigenvalue weighted by Crippen LogP contribution is -2.18. The van der Waals surface area contributed by atoms with Crippen LogP contribution in [0.1, 0.15) is 12.5 Å². The first kappa shape index (κ1) is 9.65. The molecule has 15 heavy (non-hydrogen) atoms. The van der Waals surface area contributed by atoms with Gasteiger partial charge in [-0.1, -0.05) is 18.2 Å². The average molecular weight is 200 g/mol. The molecule has 0 aliphatic heterocycles. The van der Waals surface area contributed by atoms with Gasteiger partial charge in [0.25, 0.3) is 0 Å². The lowest BCUT2D eigenvalue weighted by Gasteiger charge is -2.03. The zero-order valence-electron chi connectivity index (χ0n) is 8.53. The molecule has 1 N–H and O–H groups in total. The third-order valence-electron chi connectivity index (χ3n) is 2.19. The quantitative estimate of drug-likeness (QED) is 0.804. The summed E-state index contributed by atoms with van der Waals surface area (Å²) in [5, 5.41) is 3.85. The molecule has 1 heterocycles. The molecule has 1 aromatic carbocycles. The van der Waals surface area contributed by atoms with Crippen molar-refractivity contribution in [3.8, 4) is 0 Å². The minimum absolute atomic E-state index is 0.0249. The van der Waals surface area contributed by atoms with E-state index in [1.165, 1.54) is 6.92 Å². The van der Waals surface area contributed by atoms with E-state index in [1.54, 1.807) is 6.20 Å². The third kappa shape index (κ3) is 2.31. The molecule has 76 valence electrons. The highest BCUT2D eigenvalue weighted by atomic mass is 16.1. The van der Waals surface area contributed by atoms with E-state index in [0.29, 0.717) is 6.54 Å². The van der Waals surface area contributed by atoms with Crippen molar-refractivity contribution in [1.29, 1.82) is 0 Å². The highest BCUT2D eigenvalue weighted by molar-refractivity contribution is 5.79. The fraction of sp³-hybridized carbons (Fsp3) is 0.167. The van der Waals surface area contributed by atoms with Crippen LogP contribution in [-0.2, 0) is 11.3 Å². The number of hydrogen-bond donors (Lipinski definition) is 1. The Morgan fingerprint density at radius 3 is 3.00 bits per heavy atom. The van der Waals surface area contributed by atoms with Crippen molar-refractivity contribution >= 4 is 16.8 Å². The van der Waals surface area contributed by atoms with Crippen molar-refractivity contribution in [2.45, 2.75) is 13.5 Å². The van der Waals surface area contributed by atoms with Gasteiger partial charge < -0.3 is 5.32 Å². The van der Waals surface area contributed by atoms with Crippen LogP contribution in [0.5, 0.6) is 0 Å². The van der Waals surface area contributed by atoms with Crippen molar-refractivity contribution < 1.29 is 4.79 Å². The van der Waals surface area contributed by atoms with Gasteiger partial charge in [0.05, 0.1) is 5.52 Å².